The second kappa shape index (κ2) is 12.3. The number of para-hydroxylation sites is 1. The van der Waals surface area contributed by atoms with Gasteiger partial charge in [0.25, 0.3) is 5.69 Å². The maximum Gasteiger partial charge on any atom is 0.273 e. The number of carbonyl (C=O) groups is 2. The molecule has 0 aliphatic rings. The zero-order valence-corrected chi connectivity index (χ0v) is 19.8. The quantitative estimate of drug-likeness (QED) is 0.335. The number of hydrogen-bond donors (Lipinski definition) is 1. The van der Waals surface area contributed by atoms with Crippen LogP contribution in [0.15, 0.2) is 78.9 Å². The highest BCUT2D eigenvalue weighted by atomic mass is 16.6. The summed E-state index contributed by atoms with van der Waals surface area (Å²) in [7, 11) is 1.56. The van der Waals surface area contributed by atoms with Crippen LogP contribution in [0.5, 0.6) is 5.75 Å². The third-order valence-corrected chi connectivity index (χ3v) is 5.64. The lowest BCUT2D eigenvalue weighted by Crippen LogP contribution is -2.51. The van der Waals surface area contributed by atoms with E-state index < -0.39 is 11.0 Å². The van der Waals surface area contributed by atoms with E-state index in [0.717, 1.165) is 11.1 Å². The van der Waals surface area contributed by atoms with Crippen LogP contribution in [0.2, 0.25) is 0 Å². The Morgan fingerprint density at radius 3 is 2.37 bits per heavy atom. The van der Waals surface area contributed by atoms with Crippen molar-refractivity contribution in [2.75, 3.05) is 13.7 Å². The molecule has 0 aliphatic heterocycles. The molecule has 0 heterocycles. The molecule has 3 aromatic rings. The van der Waals surface area contributed by atoms with Crippen LogP contribution in [-0.2, 0) is 29.0 Å². The topological polar surface area (TPSA) is 102 Å². The Labute approximate surface area is 204 Å². The first-order valence-electron chi connectivity index (χ1n) is 11.4. The van der Waals surface area contributed by atoms with E-state index in [1.807, 2.05) is 55.5 Å². The van der Waals surface area contributed by atoms with Crippen molar-refractivity contribution >= 4 is 17.5 Å². The molecule has 2 amide bonds. The first-order chi connectivity index (χ1) is 16.9. The van der Waals surface area contributed by atoms with Crippen molar-refractivity contribution < 1.29 is 19.2 Å². The molecule has 0 aliphatic carbocycles. The van der Waals surface area contributed by atoms with E-state index in [2.05, 4.69) is 5.32 Å². The molecule has 1 atom stereocenters. The number of likely N-dealkylation sites (N-methyl/N-ethyl adjacent to an activating group) is 1. The van der Waals surface area contributed by atoms with Crippen LogP contribution in [-0.4, -0.2) is 41.3 Å². The van der Waals surface area contributed by atoms with Gasteiger partial charge in [-0.15, -0.1) is 0 Å². The van der Waals surface area contributed by atoms with Gasteiger partial charge in [0, 0.05) is 31.1 Å². The zero-order chi connectivity index (χ0) is 25.2. The molecular formula is C27H29N3O5. The number of nitro groups is 1. The normalized spacial score (nSPS) is 11.4. The number of nitrogens with one attached hydrogen (secondary N) is 1. The van der Waals surface area contributed by atoms with Gasteiger partial charge in [-0.2, -0.15) is 0 Å². The molecule has 0 fully saturated rings. The van der Waals surface area contributed by atoms with E-state index in [4.69, 9.17) is 4.74 Å². The minimum atomic E-state index is -0.807. The van der Waals surface area contributed by atoms with Crippen molar-refractivity contribution in [3.63, 3.8) is 0 Å². The summed E-state index contributed by atoms with van der Waals surface area (Å²) in [6.45, 7) is 2.37. The monoisotopic (exact) mass is 475 g/mol. The standard InChI is InChI=1S/C27H29N3O5/c1-3-28-27(32)25(17-20-10-5-4-6-11-20)29(19-21-12-9-14-23(16-21)35-2)26(31)18-22-13-7-8-15-24(22)30(33)34/h4-16,25H,3,17-19H2,1-2H3,(H,28,32). The van der Waals surface area contributed by atoms with Crippen molar-refractivity contribution in [2.24, 2.45) is 0 Å². The van der Waals surface area contributed by atoms with Gasteiger partial charge in [0.1, 0.15) is 11.8 Å². The lowest BCUT2D eigenvalue weighted by molar-refractivity contribution is -0.385. The fourth-order valence-corrected chi connectivity index (χ4v) is 3.92. The molecule has 8 heteroatoms. The van der Waals surface area contributed by atoms with Crippen molar-refractivity contribution in [1.82, 2.24) is 10.2 Å². The number of methoxy groups -OCH3 is 1. The number of hydrogen-bond acceptors (Lipinski definition) is 5. The Hall–Kier alpha value is -4.20. The lowest BCUT2D eigenvalue weighted by atomic mass is 10.0. The second-order valence-corrected chi connectivity index (χ2v) is 8.04. The Morgan fingerprint density at radius 2 is 1.69 bits per heavy atom. The Kier molecular flexibility index (Phi) is 8.95. The molecule has 0 spiro atoms. The summed E-state index contributed by atoms with van der Waals surface area (Å²) in [6.07, 6.45) is 0.102. The molecule has 0 saturated heterocycles. The molecule has 0 saturated carbocycles. The van der Waals surface area contributed by atoms with E-state index >= 15 is 0 Å². The minimum Gasteiger partial charge on any atom is -0.497 e. The molecule has 0 bridgehead atoms. The number of nitrogens with zero attached hydrogens (tertiary/aromatic N) is 2. The van der Waals surface area contributed by atoms with Crippen LogP contribution in [0, 0.1) is 10.1 Å². The highest BCUT2D eigenvalue weighted by Crippen LogP contribution is 2.22. The van der Waals surface area contributed by atoms with Crippen LogP contribution in [0.25, 0.3) is 0 Å². The summed E-state index contributed by atoms with van der Waals surface area (Å²) < 4.78 is 5.32. The number of ether oxygens (including phenoxy) is 1. The summed E-state index contributed by atoms with van der Waals surface area (Å²) in [5.41, 5.74) is 1.85. The molecule has 0 aromatic heterocycles. The highest BCUT2D eigenvalue weighted by molar-refractivity contribution is 5.89. The number of rotatable bonds is 11. The van der Waals surface area contributed by atoms with Crippen molar-refractivity contribution in [2.45, 2.75) is 32.4 Å². The van der Waals surface area contributed by atoms with E-state index in [1.165, 1.54) is 11.0 Å². The summed E-state index contributed by atoms with van der Waals surface area (Å²) in [6, 6.07) is 22.1. The predicted octanol–water partition coefficient (Wildman–Crippen LogP) is 3.92. The summed E-state index contributed by atoms with van der Waals surface area (Å²) in [4.78, 5) is 39.4. The zero-order valence-electron chi connectivity index (χ0n) is 19.8. The SMILES string of the molecule is CCNC(=O)C(Cc1ccccc1)N(Cc1cccc(OC)c1)C(=O)Cc1ccccc1[N+](=O)[O-]. The molecule has 1 N–H and O–H groups in total. The maximum absolute atomic E-state index is 13.7. The van der Waals surface area contributed by atoms with Gasteiger partial charge in [0.2, 0.25) is 11.8 Å². The minimum absolute atomic E-state index is 0.125. The summed E-state index contributed by atoms with van der Waals surface area (Å²) >= 11 is 0. The van der Waals surface area contributed by atoms with Crippen LogP contribution in [0.4, 0.5) is 5.69 Å². The third-order valence-electron chi connectivity index (χ3n) is 5.64. The Balaban J connectivity index is 2.01. The molecular weight excluding hydrogens is 446 g/mol. The molecule has 8 nitrogen and oxygen atoms in total. The van der Waals surface area contributed by atoms with Gasteiger partial charge in [0.15, 0.2) is 0 Å². The fraction of sp³-hybridized carbons (Fsp3) is 0.259. The van der Waals surface area contributed by atoms with Gasteiger partial charge in [-0.3, -0.25) is 19.7 Å². The van der Waals surface area contributed by atoms with E-state index in [1.54, 1.807) is 31.4 Å². The lowest BCUT2D eigenvalue weighted by Gasteiger charge is -2.31. The van der Waals surface area contributed by atoms with Crippen LogP contribution >= 0.6 is 0 Å². The average Bonchev–Trinajstić information content (AvgIpc) is 2.87. The van der Waals surface area contributed by atoms with Crippen LogP contribution in [0.1, 0.15) is 23.6 Å². The molecule has 3 aromatic carbocycles. The van der Waals surface area contributed by atoms with Gasteiger partial charge in [-0.25, -0.2) is 0 Å². The number of nitro benzene ring substituents is 1. The first-order valence-corrected chi connectivity index (χ1v) is 11.4. The fourth-order valence-electron chi connectivity index (χ4n) is 3.92. The maximum atomic E-state index is 13.7. The first kappa shape index (κ1) is 25.4. The molecule has 1 unspecified atom stereocenters. The molecule has 0 radical (unpaired) electrons. The summed E-state index contributed by atoms with van der Waals surface area (Å²) in [5, 5.41) is 14.3. The average molecular weight is 476 g/mol. The van der Waals surface area contributed by atoms with Gasteiger partial charge < -0.3 is 15.0 Å². The Bertz CT molecular complexity index is 1170. The van der Waals surface area contributed by atoms with Crippen molar-refractivity contribution in [1.29, 1.82) is 0 Å². The smallest absolute Gasteiger partial charge is 0.273 e. The van der Waals surface area contributed by atoms with Gasteiger partial charge in [0.05, 0.1) is 18.5 Å². The molecule has 182 valence electrons. The van der Waals surface area contributed by atoms with Crippen molar-refractivity contribution in [3.05, 3.63) is 106 Å². The molecule has 35 heavy (non-hydrogen) atoms. The number of benzene rings is 3. The number of amides is 2. The highest BCUT2D eigenvalue weighted by Gasteiger charge is 2.31. The van der Waals surface area contributed by atoms with Gasteiger partial charge >= 0.3 is 0 Å². The third kappa shape index (κ3) is 6.89. The van der Waals surface area contributed by atoms with E-state index in [-0.39, 0.29) is 30.5 Å². The van der Waals surface area contributed by atoms with E-state index in [0.29, 0.717) is 24.3 Å². The second-order valence-electron chi connectivity index (χ2n) is 8.04. The number of carbonyl (C=O) groups excluding carboxylic acids is 2. The van der Waals surface area contributed by atoms with Crippen LogP contribution < -0.4 is 10.1 Å². The van der Waals surface area contributed by atoms with Gasteiger partial charge in [-0.1, -0.05) is 60.7 Å². The predicted molar refractivity (Wildman–Crippen MR) is 133 cm³/mol. The van der Waals surface area contributed by atoms with Crippen LogP contribution in [0.3, 0.4) is 0 Å². The van der Waals surface area contributed by atoms with Crippen molar-refractivity contribution in [3.8, 4) is 5.75 Å². The Morgan fingerprint density at radius 1 is 1.00 bits per heavy atom. The van der Waals surface area contributed by atoms with E-state index in [9.17, 15) is 19.7 Å². The van der Waals surface area contributed by atoms with Gasteiger partial charge in [-0.05, 0) is 30.2 Å². The largest absolute Gasteiger partial charge is 0.497 e. The molecule has 3 rings (SSSR count). The summed E-state index contributed by atoms with van der Waals surface area (Å²) in [5.74, 6) is -0.0318.